The highest BCUT2D eigenvalue weighted by molar-refractivity contribution is 14.0. The molecule has 0 aromatic heterocycles. The topological polar surface area (TPSA) is 50.4 Å². The molecule has 2 aliphatic rings. The Morgan fingerprint density at radius 1 is 1.00 bits per heavy atom. The Hall–Kier alpha value is 0. The molecule has 0 aromatic rings. The Morgan fingerprint density at radius 3 is 2.24 bits per heavy atom. The lowest BCUT2D eigenvalue weighted by Gasteiger charge is -2.24. The molecule has 0 amide bonds. The molecule has 2 rings (SSSR count). The fourth-order valence-corrected chi connectivity index (χ4v) is 2.60. The molecule has 0 radical (unpaired) electrons. The number of hydrogen-bond acceptors (Lipinski definition) is 1. The van der Waals surface area contributed by atoms with Crippen LogP contribution >= 0.6 is 24.0 Å². The van der Waals surface area contributed by atoms with Gasteiger partial charge in [0, 0.05) is 13.1 Å². The first-order chi connectivity index (χ1) is 7.84. The van der Waals surface area contributed by atoms with Crippen LogP contribution in [0.25, 0.3) is 0 Å². The number of nitrogens with two attached hydrogens (primary N) is 1. The van der Waals surface area contributed by atoms with Gasteiger partial charge in [-0.1, -0.05) is 25.7 Å². The maximum absolute atomic E-state index is 5.86. The maximum Gasteiger partial charge on any atom is 0.188 e. The third-order valence-electron chi connectivity index (χ3n) is 4.04. The maximum atomic E-state index is 5.86. The van der Waals surface area contributed by atoms with Gasteiger partial charge in [0.2, 0.25) is 0 Å². The van der Waals surface area contributed by atoms with E-state index in [4.69, 9.17) is 5.73 Å². The van der Waals surface area contributed by atoms with Gasteiger partial charge in [0.1, 0.15) is 0 Å². The summed E-state index contributed by atoms with van der Waals surface area (Å²) in [5.41, 5.74) is 5.86. The van der Waals surface area contributed by atoms with Gasteiger partial charge in [-0.05, 0) is 37.5 Å². The zero-order valence-electron chi connectivity index (χ0n) is 10.7. The van der Waals surface area contributed by atoms with E-state index in [1.54, 1.807) is 0 Å². The summed E-state index contributed by atoms with van der Waals surface area (Å²) in [4.78, 5) is 4.41. The second kappa shape index (κ2) is 8.16. The molecule has 2 fully saturated rings. The van der Waals surface area contributed by atoms with Gasteiger partial charge in [-0.25, -0.2) is 0 Å². The number of nitrogens with one attached hydrogen (secondary N) is 1. The molecule has 17 heavy (non-hydrogen) atoms. The predicted octanol–water partition coefficient (Wildman–Crippen LogP) is 2.89. The van der Waals surface area contributed by atoms with E-state index in [0.29, 0.717) is 5.96 Å². The summed E-state index contributed by atoms with van der Waals surface area (Å²) in [7, 11) is 0. The second-order valence-corrected chi connectivity index (χ2v) is 5.41. The molecule has 0 heterocycles. The van der Waals surface area contributed by atoms with Crippen LogP contribution in [0, 0.1) is 11.8 Å². The van der Waals surface area contributed by atoms with Crippen molar-refractivity contribution in [3.05, 3.63) is 0 Å². The first-order valence-corrected chi connectivity index (χ1v) is 6.88. The third kappa shape index (κ3) is 5.44. The van der Waals surface area contributed by atoms with Crippen LogP contribution in [0.5, 0.6) is 0 Å². The lowest BCUT2D eigenvalue weighted by molar-refractivity contribution is 0.325. The lowest BCUT2D eigenvalue weighted by Crippen LogP contribution is -2.36. The van der Waals surface area contributed by atoms with E-state index in [0.717, 1.165) is 24.9 Å². The van der Waals surface area contributed by atoms with Crippen molar-refractivity contribution in [3.63, 3.8) is 0 Å². The average Bonchev–Trinajstić information content (AvgIpc) is 2.26. The van der Waals surface area contributed by atoms with Gasteiger partial charge in [-0.3, -0.25) is 4.99 Å². The minimum atomic E-state index is 0. The molecule has 0 unspecified atom stereocenters. The number of aliphatic imine (C=N–C) groups is 1. The van der Waals surface area contributed by atoms with Crippen molar-refractivity contribution in [2.24, 2.45) is 22.6 Å². The van der Waals surface area contributed by atoms with Crippen molar-refractivity contribution in [2.45, 2.75) is 51.4 Å². The molecule has 0 aromatic carbocycles. The summed E-state index contributed by atoms with van der Waals surface area (Å²) in [6.45, 7) is 1.96. The fraction of sp³-hybridized carbons (Fsp3) is 0.923. The molecule has 3 nitrogen and oxygen atoms in total. The van der Waals surface area contributed by atoms with Crippen molar-refractivity contribution in [1.82, 2.24) is 5.32 Å². The van der Waals surface area contributed by atoms with Crippen molar-refractivity contribution in [3.8, 4) is 0 Å². The van der Waals surface area contributed by atoms with E-state index in [1.165, 1.54) is 51.4 Å². The predicted molar refractivity (Wildman–Crippen MR) is 83.8 cm³/mol. The van der Waals surface area contributed by atoms with Crippen molar-refractivity contribution in [1.29, 1.82) is 0 Å². The highest BCUT2D eigenvalue weighted by atomic mass is 127. The van der Waals surface area contributed by atoms with Crippen molar-refractivity contribution >= 4 is 29.9 Å². The molecule has 100 valence electrons. The SMILES string of the molecule is I.NC(=NCC1CCC1)NCC1CCCCC1. The van der Waals surface area contributed by atoms with Gasteiger partial charge in [0.15, 0.2) is 5.96 Å². The normalized spacial score (nSPS) is 22.7. The van der Waals surface area contributed by atoms with Crippen molar-refractivity contribution in [2.75, 3.05) is 13.1 Å². The number of halogens is 1. The van der Waals surface area contributed by atoms with Crippen LogP contribution in [-0.4, -0.2) is 19.0 Å². The molecule has 4 heteroatoms. The van der Waals surface area contributed by atoms with E-state index >= 15 is 0 Å². The van der Waals surface area contributed by atoms with Crippen LogP contribution in [0.1, 0.15) is 51.4 Å². The van der Waals surface area contributed by atoms with Gasteiger partial charge in [0.25, 0.3) is 0 Å². The summed E-state index contributed by atoms with van der Waals surface area (Å²) in [6.07, 6.45) is 11.0. The van der Waals surface area contributed by atoms with E-state index in [-0.39, 0.29) is 24.0 Å². The minimum absolute atomic E-state index is 0. The molecule has 0 atom stereocenters. The molecule has 2 saturated carbocycles. The Bertz CT molecular complexity index is 233. The Labute approximate surface area is 122 Å². The molecule has 0 aliphatic heterocycles. The number of rotatable bonds is 4. The second-order valence-electron chi connectivity index (χ2n) is 5.41. The lowest BCUT2D eigenvalue weighted by atomic mass is 9.86. The van der Waals surface area contributed by atoms with E-state index in [9.17, 15) is 0 Å². The minimum Gasteiger partial charge on any atom is -0.370 e. The molecule has 0 bridgehead atoms. The van der Waals surface area contributed by atoms with Gasteiger partial charge in [0.05, 0.1) is 0 Å². The molecule has 2 aliphatic carbocycles. The highest BCUT2D eigenvalue weighted by Gasteiger charge is 2.17. The highest BCUT2D eigenvalue weighted by Crippen LogP contribution is 2.26. The summed E-state index contributed by atoms with van der Waals surface area (Å²) in [5.74, 6) is 2.30. The smallest absolute Gasteiger partial charge is 0.188 e. The molecular weight excluding hydrogens is 325 g/mol. The zero-order chi connectivity index (χ0) is 11.2. The van der Waals surface area contributed by atoms with Gasteiger partial charge in [-0.2, -0.15) is 0 Å². The molecule has 0 saturated heterocycles. The third-order valence-corrected chi connectivity index (χ3v) is 4.04. The van der Waals surface area contributed by atoms with Gasteiger partial charge < -0.3 is 11.1 Å². The van der Waals surface area contributed by atoms with Gasteiger partial charge >= 0.3 is 0 Å². The number of nitrogens with zero attached hydrogens (tertiary/aromatic N) is 1. The fourth-order valence-electron chi connectivity index (χ4n) is 2.60. The van der Waals surface area contributed by atoms with E-state index in [2.05, 4.69) is 10.3 Å². The van der Waals surface area contributed by atoms with Crippen LogP contribution < -0.4 is 11.1 Å². The summed E-state index contributed by atoms with van der Waals surface area (Å²) < 4.78 is 0. The standard InChI is InChI=1S/C13H25N3.HI/c14-13(16-10-12-7-4-8-12)15-9-11-5-2-1-3-6-11;/h11-12H,1-10H2,(H3,14,15,16);1H. The van der Waals surface area contributed by atoms with Crippen LogP contribution in [0.2, 0.25) is 0 Å². The van der Waals surface area contributed by atoms with Gasteiger partial charge in [-0.15, -0.1) is 24.0 Å². The van der Waals surface area contributed by atoms with Crippen LogP contribution in [0.4, 0.5) is 0 Å². The van der Waals surface area contributed by atoms with Crippen LogP contribution in [0.3, 0.4) is 0 Å². The largest absolute Gasteiger partial charge is 0.370 e. The Morgan fingerprint density at radius 2 is 1.65 bits per heavy atom. The first-order valence-electron chi connectivity index (χ1n) is 6.88. The molecular formula is C13H26IN3. The van der Waals surface area contributed by atoms with Crippen LogP contribution in [-0.2, 0) is 0 Å². The number of guanidine groups is 1. The zero-order valence-corrected chi connectivity index (χ0v) is 13.0. The summed E-state index contributed by atoms with van der Waals surface area (Å²) >= 11 is 0. The average molecular weight is 351 g/mol. The first kappa shape index (κ1) is 15.1. The van der Waals surface area contributed by atoms with Crippen molar-refractivity contribution < 1.29 is 0 Å². The number of hydrogen-bond donors (Lipinski definition) is 2. The monoisotopic (exact) mass is 351 g/mol. The Kier molecular flexibility index (Phi) is 7.23. The summed E-state index contributed by atoms with van der Waals surface area (Å²) in [5, 5.41) is 3.28. The van der Waals surface area contributed by atoms with E-state index in [1.807, 2.05) is 0 Å². The van der Waals surface area contributed by atoms with Crippen LogP contribution in [0.15, 0.2) is 4.99 Å². The Balaban J connectivity index is 0.00000144. The molecule has 3 N–H and O–H groups in total. The molecule has 0 spiro atoms. The summed E-state index contributed by atoms with van der Waals surface area (Å²) in [6, 6.07) is 0. The quantitative estimate of drug-likeness (QED) is 0.465. The van der Waals surface area contributed by atoms with E-state index < -0.39 is 0 Å².